The van der Waals surface area contributed by atoms with Crippen LogP contribution in [0, 0.1) is 6.07 Å². The number of hydrogen-bond donors (Lipinski definition) is 0. The van der Waals surface area contributed by atoms with E-state index in [2.05, 4.69) is 51.1 Å². The molecule has 0 heterocycles. The predicted molar refractivity (Wildman–Crippen MR) is 61.5 cm³/mol. The van der Waals surface area contributed by atoms with Gasteiger partial charge in [-0.25, -0.2) is 0 Å². The van der Waals surface area contributed by atoms with Gasteiger partial charge in [0.25, 0.3) is 0 Å². The lowest BCUT2D eigenvalue weighted by Crippen LogP contribution is -2.10. The maximum Gasteiger partial charge on any atom is -0.0132 e. The van der Waals surface area contributed by atoms with Crippen LogP contribution in [-0.2, 0) is 5.41 Å². The van der Waals surface area contributed by atoms with E-state index in [0.717, 1.165) is 0 Å². The third-order valence-corrected chi connectivity index (χ3v) is 2.55. The zero-order chi connectivity index (χ0) is 10.2. The number of fused-ring (bicyclic) bond motifs is 1. The first-order valence-corrected chi connectivity index (χ1v) is 4.98. The first-order valence-electron chi connectivity index (χ1n) is 4.98. The van der Waals surface area contributed by atoms with Gasteiger partial charge >= 0.3 is 0 Å². The van der Waals surface area contributed by atoms with Crippen LogP contribution in [0.2, 0.25) is 0 Å². The van der Waals surface area contributed by atoms with Crippen LogP contribution in [0.15, 0.2) is 36.4 Å². The largest absolute Gasteiger partial charge is 0.0579 e. The summed E-state index contributed by atoms with van der Waals surface area (Å²) in [6, 6.07) is 15.9. The van der Waals surface area contributed by atoms with E-state index in [-0.39, 0.29) is 5.41 Å². The van der Waals surface area contributed by atoms with Gasteiger partial charge in [0.1, 0.15) is 0 Å². The summed E-state index contributed by atoms with van der Waals surface area (Å²) < 4.78 is 0. The molecule has 1 radical (unpaired) electrons. The molecule has 0 N–H and O–H groups in total. The SMILES string of the molecule is CC(C)(C)c1ccc2cc[c]cc2c1. The summed E-state index contributed by atoms with van der Waals surface area (Å²) in [7, 11) is 0. The molecule has 0 aliphatic carbocycles. The minimum Gasteiger partial charge on any atom is -0.0579 e. The third kappa shape index (κ3) is 1.65. The lowest BCUT2D eigenvalue weighted by atomic mass is 9.86. The van der Waals surface area contributed by atoms with Crippen molar-refractivity contribution in [3.8, 4) is 0 Å². The molecule has 0 aliphatic rings. The van der Waals surface area contributed by atoms with Gasteiger partial charge in [0.15, 0.2) is 0 Å². The second-order valence-electron chi connectivity index (χ2n) is 4.74. The van der Waals surface area contributed by atoms with Crippen LogP contribution in [0.4, 0.5) is 0 Å². The highest BCUT2D eigenvalue weighted by Gasteiger charge is 2.13. The van der Waals surface area contributed by atoms with Crippen molar-refractivity contribution in [2.45, 2.75) is 26.2 Å². The quantitative estimate of drug-likeness (QED) is 0.580. The van der Waals surface area contributed by atoms with Gasteiger partial charge in [0, 0.05) is 0 Å². The maximum absolute atomic E-state index is 3.11. The van der Waals surface area contributed by atoms with Gasteiger partial charge in [0.2, 0.25) is 0 Å². The lowest BCUT2D eigenvalue weighted by molar-refractivity contribution is 0.591. The van der Waals surface area contributed by atoms with Crippen molar-refractivity contribution in [1.82, 2.24) is 0 Å². The van der Waals surface area contributed by atoms with E-state index < -0.39 is 0 Å². The van der Waals surface area contributed by atoms with Crippen molar-refractivity contribution in [2.24, 2.45) is 0 Å². The van der Waals surface area contributed by atoms with Crippen molar-refractivity contribution in [2.75, 3.05) is 0 Å². The zero-order valence-corrected chi connectivity index (χ0v) is 8.96. The number of rotatable bonds is 0. The molecule has 0 saturated heterocycles. The molecule has 0 heteroatoms. The van der Waals surface area contributed by atoms with Gasteiger partial charge in [-0.05, 0) is 33.9 Å². The Labute approximate surface area is 85.6 Å². The fourth-order valence-corrected chi connectivity index (χ4v) is 1.59. The van der Waals surface area contributed by atoms with Crippen LogP contribution < -0.4 is 0 Å². The van der Waals surface area contributed by atoms with Crippen molar-refractivity contribution in [3.63, 3.8) is 0 Å². The van der Waals surface area contributed by atoms with Crippen LogP contribution >= 0.6 is 0 Å². The van der Waals surface area contributed by atoms with Crippen LogP contribution in [0.3, 0.4) is 0 Å². The van der Waals surface area contributed by atoms with E-state index in [1.807, 2.05) is 12.1 Å². The van der Waals surface area contributed by atoms with Crippen LogP contribution in [-0.4, -0.2) is 0 Å². The van der Waals surface area contributed by atoms with Crippen molar-refractivity contribution in [1.29, 1.82) is 0 Å². The topological polar surface area (TPSA) is 0 Å². The van der Waals surface area contributed by atoms with Crippen molar-refractivity contribution < 1.29 is 0 Å². The van der Waals surface area contributed by atoms with E-state index >= 15 is 0 Å². The molecule has 0 nitrogen and oxygen atoms in total. The molecular weight excluding hydrogens is 168 g/mol. The summed E-state index contributed by atoms with van der Waals surface area (Å²) in [5, 5.41) is 2.57. The van der Waals surface area contributed by atoms with E-state index in [0.29, 0.717) is 0 Å². The average Bonchev–Trinajstić information content (AvgIpc) is 2.16. The van der Waals surface area contributed by atoms with Gasteiger partial charge in [-0.1, -0.05) is 51.1 Å². The Morgan fingerprint density at radius 3 is 2.50 bits per heavy atom. The summed E-state index contributed by atoms with van der Waals surface area (Å²) in [4.78, 5) is 0. The molecular formula is C14H15. The molecule has 0 atom stereocenters. The van der Waals surface area contributed by atoms with E-state index in [4.69, 9.17) is 0 Å². The highest BCUT2D eigenvalue weighted by molar-refractivity contribution is 5.83. The fourth-order valence-electron chi connectivity index (χ4n) is 1.59. The first kappa shape index (κ1) is 9.26. The molecule has 0 spiro atoms. The Morgan fingerprint density at radius 1 is 1.00 bits per heavy atom. The average molecular weight is 183 g/mol. The molecule has 0 bridgehead atoms. The van der Waals surface area contributed by atoms with Crippen molar-refractivity contribution >= 4 is 10.8 Å². The maximum atomic E-state index is 3.11. The fraction of sp³-hybridized carbons (Fsp3) is 0.286. The molecule has 71 valence electrons. The molecule has 2 aromatic rings. The predicted octanol–water partition coefficient (Wildman–Crippen LogP) is 3.94. The first-order chi connectivity index (χ1) is 6.57. The van der Waals surface area contributed by atoms with Crippen LogP contribution in [0.5, 0.6) is 0 Å². The van der Waals surface area contributed by atoms with E-state index in [1.54, 1.807) is 0 Å². The van der Waals surface area contributed by atoms with E-state index in [9.17, 15) is 0 Å². The molecule has 0 unspecified atom stereocenters. The summed E-state index contributed by atoms with van der Waals surface area (Å²) in [5.74, 6) is 0. The van der Waals surface area contributed by atoms with Gasteiger partial charge in [0.05, 0.1) is 0 Å². The summed E-state index contributed by atoms with van der Waals surface area (Å²) in [5.41, 5.74) is 1.61. The highest BCUT2D eigenvalue weighted by Crippen LogP contribution is 2.25. The van der Waals surface area contributed by atoms with Gasteiger partial charge in [-0.2, -0.15) is 0 Å². The minimum absolute atomic E-state index is 0.226. The van der Waals surface area contributed by atoms with Crippen LogP contribution in [0.25, 0.3) is 10.8 Å². The Morgan fingerprint density at radius 2 is 1.79 bits per heavy atom. The normalized spacial score (nSPS) is 11.9. The Balaban J connectivity index is 2.63. The number of benzene rings is 2. The molecule has 14 heavy (non-hydrogen) atoms. The smallest absolute Gasteiger partial charge is 0.0132 e. The summed E-state index contributed by atoms with van der Waals surface area (Å²) in [6.07, 6.45) is 0. The standard InChI is InChI=1S/C14H15/c1-14(2,3)13-9-8-11-6-4-5-7-12(11)10-13/h4,6-10H,1-3H3. The van der Waals surface area contributed by atoms with Crippen LogP contribution in [0.1, 0.15) is 26.3 Å². The highest BCUT2D eigenvalue weighted by atomic mass is 14.2. The summed E-state index contributed by atoms with van der Waals surface area (Å²) >= 11 is 0. The van der Waals surface area contributed by atoms with Gasteiger partial charge < -0.3 is 0 Å². The monoisotopic (exact) mass is 183 g/mol. The molecule has 0 aromatic heterocycles. The molecule has 0 aliphatic heterocycles. The second kappa shape index (κ2) is 3.13. The number of hydrogen-bond acceptors (Lipinski definition) is 0. The molecule has 0 saturated carbocycles. The van der Waals surface area contributed by atoms with Gasteiger partial charge in [-0.15, -0.1) is 0 Å². The van der Waals surface area contributed by atoms with E-state index in [1.165, 1.54) is 16.3 Å². The molecule has 2 aromatic carbocycles. The third-order valence-electron chi connectivity index (χ3n) is 2.55. The van der Waals surface area contributed by atoms with Gasteiger partial charge in [-0.3, -0.25) is 0 Å². The molecule has 0 amide bonds. The minimum atomic E-state index is 0.226. The molecule has 0 fully saturated rings. The summed E-state index contributed by atoms with van der Waals surface area (Å²) in [6.45, 7) is 6.71. The molecule has 2 rings (SSSR count). The Bertz CT molecular complexity index is 447. The Kier molecular flexibility index (Phi) is 2.07. The second-order valence-corrected chi connectivity index (χ2v) is 4.74. The Hall–Kier alpha value is -1.30. The lowest BCUT2D eigenvalue weighted by Gasteiger charge is -2.19. The van der Waals surface area contributed by atoms with Crippen molar-refractivity contribution in [3.05, 3.63) is 48.0 Å². The zero-order valence-electron chi connectivity index (χ0n) is 8.96.